The van der Waals surface area contributed by atoms with Gasteiger partial charge in [0.05, 0.1) is 5.02 Å². The van der Waals surface area contributed by atoms with Crippen LogP contribution < -0.4 is 4.90 Å². The van der Waals surface area contributed by atoms with Gasteiger partial charge in [0.2, 0.25) is 0 Å². The number of aromatic nitrogens is 1. The van der Waals surface area contributed by atoms with E-state index in [0.717, 1.165) is 4.90 Å². The van der Waals surface area contributed by atoms with Crippen LogP contribution in [0, 0.1) is 0 Å². The quantitative estimate of drug-likeness (QED) is 0.701. The minimum atomic E-state index is -0.322. The van der Waals surface area contributed by atoms with Crippen LogP contribution in [0.4, 0.5) is 5.82 Å². The van der Waals surface area contributed by atoms with Crippen LogP contribution in [0.15, 0.2) is 29.5 Å². The molecule has 82 valence electrons. The van der Waals surface area contributed by atoms with Gasteiger partial charge in [0.25, 0.3) is 11.8 Å². The highest BCUT2D eigenvalue weighted by Crippen LogP contribution is 2.25. The first-order chi connectivity index (χ1) is 7.52. The normalized spacial score (nSPS) is 16.3. The predicted molar refractivity (Wildman–Crippen MR) is 60.1 cm³/mol. The van der Waals surface area contributed by atoms with Gasteiger partial charge in [-0.1, -0.05) is 11.6 Å². The van der Waals surface area contributed by atoms with Crippen LogP contribution in [0.3, 0.4) is 0 Å². The summed E-state index contributed by atoms with van der Waals surface area (Å²) in [6.07, 6.45) is 1.40. The topological polar surface area (TPSA) is 50.3 Å². The molecule has 16 heavy (non-hydrogen) atoms. The Bertz CT molecular complexity index is 481. The minimum absolute atomic E-state index is 0.301. The van der Waals surface area contributed by atoms with Crippen molar-refractivity contribution in [3.63, 3.8) is 0 Å². The van der Waals surface area contributed by atoms with E-state index in [4.69, 9.17) is 11.6 Å². The van der Waals surface area contributed by atoms with Crippen molar-refractivity contribution >= 4 is 29.2 Å². The maximum Gasteiger partial charge on any atom is 0.262 e. The number of amides is 2. The maximum atomic E-state index is 11.8. The fraction of sp³-hybridized carbons (Fsp3) is 0.182. The Morgan fingerprint density at radius 2 is 1.69 bits per heavy atom. The van der Waals surface area contributed by atoms with Crippen LogP contribution in [-0.4, -0.2) is 16.8 Å². The van der Waals surface area contributed by atoms with Gasteiger partial charge in [0, 0.05) is 17.3 Å². The molecule has 0 unspecified atom stereocenters. The Morgan fingerprint density at radius 1 is 1.12 bits per heavy atom. The molecule has 2 heterocycles. The van der Waals surface area contributed by atoms with Crippen LogP contribution in [0.1, 0.15) is 13.8 Å². The third-order valence-corrected chi connectivity index (χ3v) is 2.77. The van der Waals surface area contributed by atoms with Crippen molar-refractivity contribution in [3.05, 3.63) is 34.5 Å². The third kappa shape index (κ3) is 1.51. The van der Waals surface area contributed by atoms with Gasteiger partial charge in [0.15, 0.2) is 0 Å². The first kappa shape index (κ1) is 10.8. The molecule has 5 heteroatoms. The van der Waals surface area contributed by atoms with Crippen molar-refractivity contribution in [2.45, 2.75) is 13.8 Å². The number of rotatable bonds is 1. The molecule has 4 nitrogen and oxygen atoms in total. The molecule has 1 aliphatic heterocycles. The van der Waals surface area contributed by atoms with Crippen molar-refractivity contribution in [2.24, 2.45) is 0 Å². The lowest BCUT2D eigenvalue weighted by Crippen LogP contribution is -2.31. The molecule has 0 fully saturated rings. The summed E-state index contributed by atoms with van der Waals surface area (Å²) in [6, 6.07) is 3.14. The summed E-state index contributed by atoms with van der Waals surface area (Å²) in [4.78, 5) is 28.6. The number of hydrogen-bond acceptors (Lipinski definition) is 3. The molecule has 1 aromatic heterocycles. The average molecular weight is 237 g/mol. The number of halogens is 1. The molecule has 2 amide bonds. The number of carbonyl (C=O) groups is 2. The molecule has 1 aliphatic rings. The lowest BCUT2D eigenvalue weighted by atomic mass is 10.2. The summed E-state index contributed by atoms with van der Waals surface area (Å²) in [5, 5.41) is 0.462. The first-order valence-corrected chi connectivity index (χ1v) is 5.08. The van der Waals surface area contributed by atoms with Crippen molar-refractivity contribution in [1.82, 2.24) is 4.98 Å². The molecule has 0 spiro atoms. The molecule has 0 radical (unpaired) electrons. The van der Waals surface area contributed by atoms with Crippen LogP contribution in [0.2, 0.25) is 5.02 Å². The number of carbonyl (C=O) groups excluding carboxylic acids is 2. The Kier molecular flexibility index (Phi) is 2.52. The van der Waals surface area contributed by atoms with Gasteiger partial charge in [-0.05, 0) is 26.0 Å². The molecule has 0 bridgehead atoms. The Labute approximate surface area is 97.5 Å². The second-order valence-corrected chi connectivity index (χ2v) is 3.97. The minimum Gasteiger partial charge on any atom is -0.269 e. The molecule has 0 atom stereocenters. The first-order valence-electron chi connectivity index (χ1n) is 4.70. The molecule has 0 N–H and O–H groups in total. The second-order valence-electron chi connectivity index (χ2n) is 3.53. The van der Waals surface area contributed by atoms with Gasteiger partial charge < -0.3 is 0 Å². The van der Waals surface area contributed by atoms with Crippen molar-refractivity contribution < 1.29 is 9.59 Å². The van der Waals surface area contributed by atoms with E-state index in [-0.39, 0.29) is 11.8 Å². The van der Waals surface area contributed by atoms with E-state index < -0.39 is 0 Å². The number of hydrogen-bond donors (Lipinski definition) is 0. The van der Waals surface area contributed by atoms with E-state index in [1.165, 1.54) is 6.20 Å². The van der Waals surface area contributed by atoms with E-state index in [1.54, 1.807) is 26.0 Å². The molecular formula is C11H9ClN2O2. The van der Waals surface area contributed by atoms with Crippen LogP contribution in [-0.2, 0) is 9.59 Å². The number of pyridine rings is 1. The van der Waals surface area contributed by atoms with E-state index >= 15 is 0 Å². The summed E-state index contributed by atoms with van der Waals surface area (Å²) in [5.41, 5.74) is 0.920. The highest BCUT2D eigenvalue weighted by molar-refractivity contribution is 6.32. The molecule has 0 aliphatic carbocycles. The Morgan fingerprint density at radius 3 is 2.12 bits per heavy atom. The SMILES string of the molecule is CC1=C(C)C(=O)N(c2ccc(Cl)cn2)C1=O. The van der Waals surface area contributed by atoms with Crippen molar-refractivity contribution in [3.8, 4) is 0 Å². The van der Waals surface area contributed by atoms with E-state index in [1.807, 2.05) is 0 Å². The molecule has 0 saturated carbocycles. The number of nitrogens with zero attached hydrogens (tertiary/aromatic N) is 2. The maximum absolute atomic E-state index is 11.8. The summed E-state index contributed by atoms with van der Waals surface area (Å²) in [5.74, 6) is -0.342. The molecular weight excluding hydrogens is 228 g/mol. The molecule has 0 saturated heterocycles. The van der Waals surface area contributed by atoms with Gasteiger partial charge in [-0.15, -0.1) is 0 Å². The Hall–Kier alpha value is -1.68. The summed E-state index contributed by atoms with van der Waals surface area (Å²) >= 11 is 5.69. The number of anilines is 1. The summed E-state index contributed by atoms with van der Waals surface area (Å²) < 4.78 is 0. The fourth-order valence-corrected chi connectivity index (χ4v) is 1.57. The lowest BCUT2D eigenvalue weighted by molar-refractivity contribution is -0.120. The van der Waals surface area contributed by atoms with Crippen LogP contribution in [0.5, 0.6) is 0 Å². The smallest absolute Gasteiger partial charge is 0.262 e. The van der Waals surface area contributed by atoms with E-state index in [2.05, 4.69) is 4.98 Å². The summed E-state index contributed by atoms with van der Waals surface area (Å²) in [6.45, 7) is 3.26. The zero-order valence-electron chi connectivity index (χ0n) is 8.82. The lowest BCUT2D eigenvalue weighted by Gasteiger charge is -2.13. The predicted octanol–water partition coefficient (Wildman–Crippen LogP) is 1.94. The van der Waals surface area contributed by atoms with Gasteiger partial charge in [-0.3, -0.25) is 9.59 Å². The van der Waals surface area contributed by atoms with Gasteiger partial charge in [-0.25, -0.2) is 9.88 Å². The fourth-order valence-electron chi connectivity index (χ4n) is 1.46. The molecule has 2 rings (SSSR count). The van der Waals surface area contributed by atoms with Crippen molar-refractivity contribution in [1.29, 1.82) is 0 Å². The van der Waals surface area contributed by atoms with Crippen LogP contribution >= 0.6 is 11.6 Å². The third-order valence-electron chi connectivity index (χ3n) is 2.55. The van der Waals surface area contributed by atoms with Gasteiger partial charge >= 0.3 is 0 Å². The van der Waals surface area contributed by atoms with E-state index in [0.29, 0.717) is 22.0 Å². The number of imide groups is 1. The van der Waals surface area contributed by atoms with Crippen LogP contribution in [0.25, 0.3) is 0 Å². The van der Waals surface area contributed by atoms with E-state index in [9.17, 15) is 9.59 Å². The van der Waals surface area contributed by atoms with Gasteiger partial charge in [0.1, 0.15) is 5.82 Å². The zero-order chi connectivity index (χ0) is 11.9. The van der Waals surface area contributed by atoms with Gasteiger partial charge in [-0.2, -0.15) is 0 Å². The summed E-state index contributed by atoms with van der Waals surface area (Å²) in [7, 11) is 0. The highest BCUT2D eigenvalue weighted by atomic mass is 35.5. The standard InChI is InChI=1S/C11H9ClN2O2/c1-6-7(2)11(16)14(10(6)15)9-4-3-8(12)5-13-9/h3-5H,1-2H3. The largest absolute Gasteiger partial charge is 0.269 e. The monoisotopic (exact) mass is 236 g/mol. The average Bonchev–Trinajstić information content (AvgIpc) is 2.46. The zero-order valence-corrected chi connectivity index (χ0v) is 9.58. The second kappa shape index (κ2) is 3.72. The van der Waals surface area contributed by atoms with Crippen molar-refractivity contribution in [2.75, 3.05) is 4.90 Å². The highest BCUT2D eigenvalue weighted by Gasteiger charge is 2.35. The molecule has 1 aromatic rings. The molecule has 0 aromatic carbocycles. The Balaban J connectivity index is 2.42.